The summed E-state index contributed by atoms with van der Waals surface area (Å²) < 4.78 is 23.2. The zero-order valence-electron chi connectivity index (χ0n) is 16.0. The molecule has 0 amide bonds. The summed E-state index contributed by atoms with van der Waals surface area (Å²) in [6.45, 7) is 5.68. The van der Waals surface area contributed by atoms with Gasteiger partial charge in [0.25, 0.3) is 6.47 Å². The number of rotatable bonds is 3. The van der Waals surface area contributed by atoms with Crippen LogP contribution in [0.3, 0.4) is 0 Å². The molecule has 2 bridgehead atoms. The van der Waals surface area contributed by atoms with Gasteiger partial charge in [0, 0.05) is 38.5 Å². The van der Waals surface area contributed by atoms with Gasteiger partial charge < -0.3 is 5.11 Å². The van der Waals surface area contributed by atoms with Gasteiger partial charge in [0.2, 0.25) is 0 Å². The second-order valence-corrected chi connectivity index (χ2v) is 10.2. The van der Waals surface area contributed by atoms with Crippen molar-refractivity contribution in [3.63, 3.8) is 0 Å². The zero-order valence-corrected chi connectivity index (χ0v) is 16.8. The SMILES string of the molecule is CS(=O)(=O)c1ccc(CN2C[C@@H]3C[C@H](C2)[C@@H]2CCCCN2C3)cc1.O=CO. The predicted octanol–water partition coefficient (Wildman–Crippen LogP) is 2.10. The minimum Gasteiger partial charge on any atom is -0.483 e. The van der Waals surface area contributed by atoms with Crippen molar-refractivity contribution in [1.29, 1.82) is 0 Å². The lowest BCUT2D eigenvalue weighted by atomic mass is 9.76. The molecule has 3 aliphatic rings. The second kappa shape index (κ2) is 8.71. The number of hydrogen-bond donors (Lipinski definition) is 1. The molecule has 0 unspecified atom stereocenters. The molecule has 3 atom stereocenters. The van der Waals surface area contributed by atoms with E-state index in [0.29, 0.717) is 4.90 Å². The van der Waals surface area contributed by atoms with Crippen molar-refractivity contribution in [2.45, 2.75) is 43.2 Å². The van der Waals surface area contributed by atoms with Crippen molar-refractivity contribution in [3.8, 4) is 0 Å². The highest BCUT2D eigenvalue weighted by Gasteiger charge is 2.41. The maximum Gasteiger partial charge on any atom is 0.290 e. The van der Waals surface area contributed by atoms with Crippen LogP contribution >= 0.6 is 0 Å². The third kappa shape index (κ3) is 5.09. The van der Waals surface area contributed by atoms with Gasteiger partial charge >= 0.3 is 0 Å². The summed E-state index contributed by atoms with van der Waals surface area (Å²) in [5.41, 5.74) is 1.22. The number of fused-ring (bicyclic) bond motifs is 4. The topological polar surface area (TPSA) is 77.9 Å². The Labute approximate surface area is 162 Å². The molecule has 1 N–H and O–H groups in total. The Hall–Kier alpha value is -1.44. The minimum atomic E-state index is -3.10. The number of carbonyl (C=O) groups is 1. The first-order valence-corrected chi connectivity index (χ1v) is 11.6. The van der Waals surface area contributed by atoms with Crippen molar-refractivity contribution in [3.05, 3.63) is 29.8 Å². The average molecular weight is 395 g/mol. The molecule has 3 aliphatic heterocycles. The van der Waals surface area contributed by atoms with Gasteiger partial charge in [0.15, 0.2) is 9.84 Å². The first-order chi connectivity index (χ1) is 12.9. The van der Waals surface area contributed by atoms with Gasteiger partial charge in [-0.1, -0.05) is 18.6 Å². The molecule has 0 saturated carbocycles. The molecule has 27 heavy (non-hydrogen) atoms. The van der Waals surface area contributed by atoms with Crippen LogP contribution in [-0.2, 0) is 21.2 Å². The van der Waals surface area contributed by atoms with Crippen LogP contribution in [0.5, 0.6) is 0 Å². The molecule has 3 fully saturated rings. The lowest BCUT2D eigenvalue weighted by molar-refractivity contribution is -0.122. The number of piperidine rings is 3. The summed E-state index contributed by atoms with van der Waals surface area (Å²) in [4.78, 5) is 14.1. The fourth-order valence-electron chi connectivity index (χ4n) is 5.10. The maximum atomic E-state index is 11.6. The van der Waals surface area contributed by atoms with Crippen molar-refractivity contribution < 1.29 is 18.3 Å². The van der Waals surface area contributed by atoms with Gasteiger partial charge in [-0.05, 0) is 55.3 Å². The minimum absolute atomic E-state index is 0.250. The molecular weight excluding hydrogens is 364 g/mol. The van der Waals surface area contributed by atoms with E-state index in [0.717, 1.165) is 24.4 Å². The molecule has 4 rings (SSSR count). The number of benzene rings is 1. The molecule has 1 aromatic carbocycles. The largest absolute Gasteiger partial charge is 0.483 e. The van der Waals surface area contributed by atoms with Gasteiger partial charge in [0.1, 0.15) is 0 Å². The van der Waals surface area contributed by atoms with E-state index in [-0.39, 0.29) is 6.47 Å². The third-order valence-electron chi connectivity index (χ3n) is 6.10. The van der Waals surface area contributed by atoms with E-state index < -0.39 is 9.84 Å². The summed E-state index contributed by atoms with van der Waals surface area (Å²) in [5, 5.41) is 6.89. The Bertz CT molecular complexity index is 735. The monoisotopic (exact) mass is 394 g/mol. The molecule has 1 aromatic rings. The average Bonchev–Trinajstić information content (AvgIpc) is 2.62. The normalized spacial score (nSPS) is 28.6. The Kier molecular flexibility index (Phi) is 6.55. The number of nitrogens with zero attached hydrogens (tertiary/aromatic N) is 2. The molecule has 0 aromatic heterocycles. The Morgan fingerprint density at radius 1 is 1.15 bits per heavy atom. The summed E-state index contributed by atoms with van der Waals surface area (Å²) in [5.74, 6) is 1.64. The van der Waals surface area contributed by atoms with E-state index >= 15 is 0 Å². The van der Waals surface area contributed by atoms with Gasteiger partial charge in [-0.3, -0.25) is 14.6 Å². The fourth-order valence-corrected chi connectivity index (χ4v) is 5.73. The standard InChI is InChI=1S/C19H28N2O2S.CH2O2/c1-24(22,23)18-7-5-15(6-8-18)11-20-12-16-10-17(14-20)19-4-2-3-9-21(19)13-16;2-1-3/h5-8,16-17,19H,2-4,9-14H2,1H3;1H,(H,2,3)/t16-,17+,19-;/m0./s1. The molecule has 0 radical (unpaired) electrons. The lowest BCUT2D eigenvalue weighted by Gasteiger charge is -2.52. The first-order valence-electron chi connectivity index (χ1n) is 9.74. The van der Waals surface area contributed by atoms with Crippen LogP contribution in [0.25, 0.3) is 0 Å². The van der Waals surface area contributed by atoms with E-state index in [1.54, 1.807) is 12.1 Å². The van der Waals surface area contributed by atoms with Gasteiger partial charge in [-0.2, -0.15) is 0 Å². The van der Waals surface area contributed by atoms with Crippen molar-refractivity contribution in [2.24, 2.45) is 11.8 Å². The number of hydrogen-bond acceptors (Lipinski definition) is 5. The molecular formula is C20H30N2O4S. The zero-order chi connectivity index (χ0) is 19.4. The Balaban J connectivity index is 0.000000659. The molecule has 6 nitrogen and oxygen atoms in total. The van der Waals surface area contributed by atoms with Crippen LogP contribution in [0.4, 0.5) is 0 Å². The van der Waals surface area contributed by atoms with Crippen molar-refractivity contribution >= 4 is 16.3 Å². The number of sulfone groups is 1. The van der Waals surface area contributed by atoms with E-state index in [4.69, 9.17) is 9.90 Å². The van der Waals surface area contributed by atoms with Crippen LogP contribution < -0.4 is 0 Å². The van der Waals surface area contributed by atoms with Crippen LogP contribution in [0.1, 0.15) is 31.2 Å². The maximum absolute atomic E-state index is 11.6. The number of carboxylic acid groups (broad SMARTS) is 1. The second-order valence-electron chi connectivity index (χ2n) is 8.14. The summed E-state index contributed by atoms with van der Waals surface area (Å²) >= 11 is 0. The molecule has 3 heterocycles. The fraction of sp³-hybridized carbons (Fsp3) is 0.650. The highest BCUT2D eigenvalue weighted by atomic mass is 32.2. The molecule has 150 valence electrons. The Morgan fingerprint density at radius 2 is 1.85 bits per heavy atom. The van der Waals surface area contributed by atoms with Crippen LogP contribution in [0.15, 0.2) is 29.2 Å². The van der Waals surface area contributed by atoms with Crippen LogP contribution in [0.2, 0.25) is 0 Å². The highest BCUT2D eigenvalue weighted by molar-refractivity contribution is 7.90. The van der Waals surface area contributed by atoms with E-state index in [2.05, 4.69) is 9.80 Å². The van der Waals surface area contributed by atoms with Crippen molar-refractivity contribution in [2.75, 3.05) is 32.4 Å². The number of likely N-dealkylation sites (tertiary alicyclic amines) is 1. The summed E-state index contributed by atoms with van der Waals surface area (Å²) in [6, 6.07) is 8.27. The van der Waals surface area contributed by atoms with Gasteiger partial charge in [-0.25, -0.2) is 8.42 Å². The van der Waals surface area contributed by atoms with E-state index in [1.807, 2.05) is 12.1 Å². The quantitative estimate of drug-likeness (QED) is 0.791. The highest BCUT2D eigenvalue weighted by Crippen LogP contribution is 2.37. The van der Waals surface area contributed by atoms with Crippen LogP contribution in [0, 0.1) is 11.8 Å². The molecule has 3 saturated heterocycles. The van der Waals surface area contributed by atoms with Gasteiger partial charge in [0.05, 0.1) is 4.90 Å². The summed E-state index contributed by atoms with van der Waals surface area (Å²) in [6.07, 6.45) is 6.84. The van der Waals surface area contributed by atoms with Crippen molar-refractivity contribution in [1.82, 2.24) is 9.80 Å². The smallest absolute Gasteiger partial charge is 0.290 e. The van der Waals surface area contributed by atoms with Gasteiger partial charge in [-0.15, -0.1) is 0 Å². The summed E-state index contributed by atoms with van der Waals surface area (Å²) in [7, 11) is -3.10. The Morgan fingerprint density at radius 3 is 2.52 bits per heavy atom. The third-order valence-corrected chi connectivity index (χ3v) is 7.23. The van der Waals surface area contributed by atoms with Crippen LogP contribution in [-0.4, -0.2) is 68.3 Å². The molecule has 0 spiro atoms. The molecule has 0 aliphatic carbocycles. The van der Waals surface area contributed by atoms with E-state index in [1.165, 1.54) is 63.7 Å². The lowest BCUT2D eigenvalue weighted by Crippen LogP contribution is -2.58. The van der Waals surface area contributed by atoms with E-state index in [9.17, 15) is 8.42 Å². The predicted molar refractivity (Wildman–Crippen MR) is 104 cm³/mol. The molecule has 7 heteroatoms. The first kappa shape index (κ1) is 20.3.